The fourth-order valence-corrected chi connectivity index (χ4v) is 3.19. The Hall–Kier alpha value is -1.50. The number of benzene rings is 1. The Labute approximate surface area is 128 Å². The van der Waals surface area contributed by atoms with Crippen LogP contribution in [0.4, 0.5) is 5.69 Å². The highest BCUT2D eigenvalue weighted by molar-refractivity contribution is 6.31. The molecule has 1 saturated carbocycles. The summed E-state index contributed by atoms with van der Waals surface area (Å²) in [6, 6.07) is 3.78. The number of hydrogen-bond donors (Lipinski definition) is 3. The van der Waals surface area contributed by atoms with E-state index in [1.165, 1.54) is 18.4 Å². The van der Waals surface area contributed by atoms with E-state index >= 15 is 0 Å². The zero-order valence-electron chi connectivity index (χ0n) is 11.8. The Kier molecular flexibility index (Phi) is 3.93. The van der Waals surface area contributed by atoms with Crippen molar-refractivity contribution in [2.45, 2.75) is 25.7 Å². The molecule has 114 valence electrons. The third kappa shape index (κ3) is 3.23. The summed E-state index contributed by atoms with van der Waals surface area (Å²) >= 11 is 6.19. The van der Waals surface area contributed by atoms with Gasteiger partial charge in [-0.3, -0.25) is 5.21 Å². The first-order valence-corrected chi connectivity index (χ1v) is 7.58. The topological polar surface area (TPSA) is 91.1 Å². The van der Waals surface area contributed by atoms with E-state index in [9.17, 15) is 0 Å². The number of aryl methyl sites for hydroxylation is 1. The maximum Gasteiger partial charge on any atom is 0.157 e. The van der Waals surface area contributed by atoms with Gasteiger partial charge in [-0.25, -0.2) is 5.84 Å². The second kappa shape index (κ2) is 5.71. The predicted molar refractivity (Wildman–Crippen MR) is 83.2 cm³/mol. The normalized spacial score (nSPS) is 18.6. The lowest BCUT2D eigenvalue weighted by atomic mass is 9.96. The highest BCUT2D eigenvalue weighted by atomic mass is 35.5. The van der Waals surface area contributed by atoms with Crippen LogP contribution in [0.25, 0.3) is 0 Å². The van der Waals surface area contributed by atoms with Gasteiger partial charge in [0, 0.05) is 23.7 Å². The molecule has 3 rings (SSSR count). The van der Waals surface area contributed by atoms with Crippen molar-refractivity contribution in [3.8, 4) is 0 Å². The van der Waals surface area contributed by atoms with E-state index in [1.54, 1.807) is 6.07 Å². The van der Waals surface area contributed by atoms with E-state index in [2.05, 4.69) is 10.0 Å². The van der Waals surface area contributed by atoms with Gasteiger partial charge in [0.25, 0.3) is 0 Å². The lowest BCUT2D eigenvalue weighted by Gasteiger charge is -2.33. The van der Waals surface area contributed by atoms with Crippen LogP contribution in [0.5, 0.6) is 0 Å². The quantitative estimate of drug-likeness (QED) is 0.341. The molecule has 1 aliphatic carbocycles. The van der Waals surface area contributed by atoms with Crippen LogP contribution < -0.4 is 16.5 Å². The van der Waals surface area contributed by atoms with Gasteiger partial charge in [0.05, 0.1) is 5.69 Å². The fourth-order valence-electron chi connectivity index (χ4n) is 2.95. The fraction of sp³-hybridized carbons (Fsp3) is 0.500. The molecule has 5 N–H and O–H groups in total. The highest BCUT2D eigenvalue weighted by Crippen LogP contribution is 2.37. The number of halogens is 1. The standard InChI is InChI=1S/C14H20ClN5O/c15-11-6-10-2-1-5-19(8-9-3-4-9)13(10)12(7-11)14(16)18-20(17)21/h6-7,9,21H,1-5,8,17H2,(H2,16,18). The molecule has 0 bridgehead atoms. The number of rotatable bonds is 4. The molecule has 6 nitrogen and oxygen atoms in total. The molecule has 1 aromatic rings. The Balaban J connectivity index is 2.03. The minimum Gasteiger partial charge on any atom is -0.382 e. The van der Waals surface area contributed by atoms with Crippen molar-refractivity contribution in [3.05, 3.63) is 28.3 Å². The summed E-state index contributed by atoms with van der Waals surface area (Å²) < 4.78 is 0. The molecule has 1 heterocycles. The monoisotopic (exact) mass is 309 g/mol. The van der Waals surface area contributed by atoms with Gasteiger partial charge in [-0.05, 0) is 49.3 Å². The molecule has 0 saturated heterocycles. The van der Waals surface area contributed by atoms with Gasteiger partial charge >= 0.3 is 0 Å². The predicted octanol–water partition coefficient (Wildman–Crippen LogP) is 1.69. The molecule has 1 aliphatic heterocycles. The molecule has 0 atom stereocenters. The lowest BCUT2D eigenvalue weighted by Crippen LogP contribution is -2.34. The molecule has 21 heavy (non-hydrogen) atoms. The summed E-state index contributed by atoms with van der Waals surface area (Å²) in [5.41, 5.74) is 8.99. The van der Waals surface area contributed by atoms with Gasteiger partial charge in [0.1, 0.15) is 0 Å². The number of fused-ring (bicyclic) bond motifs is 1. The SMILES string of the molecule is N/C(=N\N(N)O)c1cc(Cl)cc2c1N(CC1CC1)CCC2. The van der Waals surface area contributed by atoms with Crippen molar-refractivity contribution in [1.29, 1.82) is 0 Å². The maximum atomic E-state index is 9.08. The van der Waals surface area contributed by atoms with E-state index < -0.39 is 0 Å². The van der Waals surface area contributed by atoms with Crippen LogP contribution in [0.3, 0.4) is 0 Å². The van der Waals surface area contributed by atoms with Crippen LogP contribution in [0, 0.1) is 5.92 Å². The van der Waals surface area contributed by atoms with Crippen molar-refractivity contribution < 1.29 is 5.21 Å². The summed E-state index contributed by atoms with van der Waals surface area (Å²) in [5, 5.41) is 13.6. The molecule has 0 spiro atoms. The first-order valence-electron chi connectivity index (χ1n) is 7.20. The van der Waals surface area contributed by atoms with Crippen molar-refractivity contribution >= 4 is 23.1 Å². The third-order valence-electron chi connectivity index (χ3n) is 4.01. The number of hydrazine groups is 1. The number of nitrogens with zero attached hydrogens (tertiary/aromatic N) is 3. The minimum atomic E-state index is 0.168. The molecule has 1 aromatic carbocycles. The summed E-state index contributed by atoms with van der Waals surface area (Å²) in [5.74, 6) is 6.09. The first kappa shape index (κ1) is 14.4. The van der Waals surface area contributed by atoms with Crippen LogP contribution in [0.2, 0.25) is 5.02 Å². The summed E-state index contributed by atoms with van der Waals surface area (Å²) in [4.78, 5) is 2.36. The van der Waals surface area contributed by atoms with E-state index in [1.807, 2.05) is 6.07 Å². The summed E-state index contributed by atoms with van der Waals surface area (Å²) in [7, 11) is 0. The Morgan fingerprint density at radius 1 is 1.48 bits per heavy atom. The smallest absolute Gasteiger partial charge is 0.157 e. The molecule has 7 heteroatoms. The zero-order valence-corrected chi connectivity index (χ0v) is 12.6. The molecule has 1 fully saturated rings. The van der Waals surface area contributed by atoms with Crippen molar-refractivity contribution in [1.82, 2.24) is 5.28 Å². The van der Waals surface area contributed by atoms with Crippen molar-refractivity contribution in [2.75, 3.05) is 18.0 Å². The Morgan fingerprint density at radius 3 is 2.90 bits per heavy atom. The highest BCUT2D eigenvalue weighted by Gasteiger charge is 2.29. The number of hydrogen-bond acceptors (Lipinski definition) is 5. The molecule has 2 aliphatic rings. The second-order valence-electron chi connectivity index (χ2n) is 5.76. The van der Waals surface area contributed by atoms with Gasteiger partial charge in [0.15, 0.2) is 5.84 Å². The Morgan fingerprint density at radius 2 is 2.24 bits per heavy atom. The largest absolute Gasteiger partial charge is 0.382 e. The number of nitrogens with two attached hydrogens (primary N) is 2. The van der Waals surface area contributed by atoms with Crippen LogP contribution in [0.15, 0.2) is 17.2 Å². The van der Waals surface area contributed by atoms with Gasteiger partial charge < -0.3 is 10.6 Å². The average Bonchev–Trinajstić information content (AvgIpc) is 3.21. The van der Waals surface area contributed by atoms with E-state index in [0.717, 1.165) is 43.1 Å². The summed E-state index contributed by atoms with van der Waals surface area (Å²) in [6.45, 7) is 2.05. The van der Waals surface area contributed by atoms with Crippen molar-refractivity contribution in [2.24, 2.45) is 22.6 Å². The molecule has 0 amide bonds. The van der Waals surface area contributed by atoms with Crippen LogP contribution in [0.1, 0.15) is 30.4 Å². The van der Waals surface area contributed by atoms with Gasteiger partial charge in [-0.15, -0.1) is 5.10 Å². The van der Waals surface area contributed by atoms with E-state index in [4.69, 9.17) is 28.4 Å². The van der Waals surface area contributed by atoms with Crippen LogP contribution >= 0.6 is 11.6 Å². The molecular formula is C14H20ClN5O. The maximum absolute atomic E-state index is 9.08. The number of amidine groups is 1. The number of anilines is 1. The zero-order chi connectivity index (χ0) is 15.0. The van der Waals surface area contributed by atoms with Crippen LogP contribution in [-0.2, 0) is 6.42 Å². The average molecular weight is 310 g/mol. The molecule has 0 unspecified atom stereocenters. The minimum absolute atomic E-state index is 0.168. The molecule has 0 aromatic heterocycles. The molecular weight excluding hydrogens is 290 g/mol. The van der Waals surface area contributed by atoms with Gasteiger partial charge in [-0.2, -0.15) is 0 Å². The van der Waals surface area contributed by atoms with Crippen molar-refractivity contribution in [3.63, 3.8) is 0 Å². The Bertz CT molecular complexity index is 571. The van der Waals surface area contributed by atoms with Crippen LogP contribution in [-0.4, -0.2) is 29.4 Å². The van der Waals surface area contributed by atoms with E-state index in [0.29, 0.717) is 5.02 Å². The van der Waals surface area contributed by atoms with E-state index in [-0.39, 0.29) is 11.1 Å². The summed E-state index contributed by atoms with van der Waals surface area (Å²) in [6.07, 6.45) is 4.68. The number of hydrazone groups is 1. The first-order chi connectivity index (χ1) is 10.0. The second-order valence-corrected chi connectivity index (χ2v) is 6.20. The third-order valence-corrected chi connectivity index (χ3v) is 4.22. The van der Waals surface area contributed by atoms with Gasteiger partial charge in [-0.1, -0.05) is 16.9 Å². The lowest BCUT2D eigenvalue weighted by molar-refractivity contribution is -0.0917. The molecule has 0 radical (unpaired) electrons. The van der Waals surface area contributed by atoms with Gasteiger partial charge in [0.2, 0.25) is 0 Å².